The first-order valence-corrected chi connectivity index (χ1v) is 7.63. The van der Waals surface area contributed by atoms with Crippen molar-refractivity contribution in [2.75, 3.05) is 12.4 Å². The van der Waals surface area contributed by atoms with Crippen molar-refractivity contribution in [1.29, 1.82) is 0 Å². The van der Waals surface area contributed by atoms with Gasteiger partial charge >= 0.3 is 0 Å². The van der Waals surface area contributed by atoms with E-state index >= 15 is 0 Å². The Morgan fingerprint density at radius 1 is 1.10 bits per heavy atom. The molecule has 0 saturated heterocycles. The molecule has 0 aliphatic rings. The number of methoxy groups -OCH3 is 1. The molecule has 1 aromatic carbocycles. The fourth-order valence-electron chi connectivity index (χ4n) is 2.12. The maximum absolute atomic E-state index is 11.8. The van der Waals surface area contributed by atoms with Crippen LogP contribution in [0, 0.1) is 12.3 Å². The first-order valence-electron chi connectivity index (χ1n) is 7.63. The van der Waals surface area contributed by atoms with Gasteiger partial charge in [-0.15, -0.1) is 12.3 Å². The van der Waals surface area contributed by atoms with Crippen LogP contribution in [0.25, 0.3) is 0 Å². The molecule has 0 saturated carbocycles. The van der Waals surface area contributed by atoms with Crippen LogP contribution in [-0.2, 0) is 4.79 Å². The predicted molar refractivity (Wildman–Crippen MR) is 87.4 cm³/mol. The highest BCUT2D eigenvalue weighted by Gasteiger charge is 2.02. The topological polar surface area (TPSA) is 38.3 Å². The van der Waals surface area contributed by atoms with Gasteiger partial charge in [0.05, 0.1) is 7.11 Å². The summed E-state index contributed by atoms with van der Waals surface area (Å²) in [5, 5.41) is 2.90. The Kier molecular flexibility index (Phi) is 8.79. The molecule has 1 amide bonds. The van der Waals surface area contributed by atoms with Gasteiger partial charge in [0.2, 0.25) is 5.91 Å². The summed E-state index contributed by atoms with van der Waals surface area (Å²) in [6.07, 6.45) is 13.4. The summed E-state index contributed by atoms with van der Waals surface area (Å²) in [6.45, 7) is 0. The standard InChI is InChI=1S/C18H25NO2/c1-3-4-5-6-7-8-9-10-11-18(20)19-16-12-14-17(21-2)15-13-16/h1,12-15H,4-11H2,2H3,(H,19,20). The fraction of sp³-hybridized carbons (Fsp3) is 0.500. The second kappa shape index (κ2) is 10.8. The van der Waals surface area contributed by atoms with Crippen LogP contribution in [0.15, 0.2) is 24.3 Å². The van der Waals surface area contributed by atoms with E-state index in [0.717, 1.165) is 37.1 Å². The molecule has 3 heteroatoms. The fourth-order valence-corrected chi connectivity index (χ4v) is 2.12. The molecule has 0 aliphatic heterocycles. The van der Waals surface area contributed by atoms with E-state index in [0.29, 0.717) is 6.42 Å². The van der Waals surface area contributed by atoms with E-state index in [1.165, 1.54) is 19.3 Å². The molecule has 0 unspecified atom stereocenters. The average Bonchev–Trinajstić information content (AvgIpc) is 2.50. The Bertz CT molecular complexity index is 445. The molecule has 3 nitrogen and oxygen atoms in total. The predicted octanol–water partition coefficient (Wildman–Crippen LogP) is 4.39. The van der Waals surface area contributed by atoms with Gasteiger partial charge < -0.3 is 10.1 Å². The van der Waals surface area contributed by atoms with Gasteiger partial charge in [0, 0.05) is 18.5 Å². The van der Waals surface area contributed by atoms with Crippen molar-refractivity contribution < 1.29 is 9.53 Å². The monoisotopic (exact) mass is 287 g/mol. The molecule has 0 bridgehead atoms. The Hall–Kier alpha value is -1.95. The van der Waals surface area contributed by atoms with Crippen LogP contribution >= 0.6 is 0 Å². The minimum absolute atomic E-state index is 0.0764. The Morgan fingerprint density at radius 3 is 2.33 bits per heavy atom. The van der Waals surface area contributed by atoms with Crippen molar-refractivity contribution in [2.24, 2.45) is 0 Å². The Labute approximate surface area is 128 Å². The number of rotatable bonds is 10. The second-order valence-corrected chi connectivity index (χ2v) is 5.10. The first-order chi connectivity index (χ1) is 10.3. The largest absolute Gasteiger partial charge is 0.497 e. The lowest BCUT2D eigenvalue weighted by molar-refractivity contribution is -0.116. The zero-order valence-electron chi connectivity index (χ0n) is 12.9. The van der Waals surface area contributed by atoms with Gasteiger partial charge in [0.25, 0.3) is 0 Å². The number of hydrogen-bond acceptors (Lipinski definition) is 2. The third-order valence-corrected chi connectivity index (χ3v) is 3.35. The van der Waals surface area contributed by atoms with Gasteiger partial charge in [0.1, 0.15) is 5.75 Å². The Balaban J connectivity index is 2.07. The number of terminal acetylenes is 1. The third-order valence-electron chi connectivity index (χ3n) is 3.35. The number of hydrogen-bond donors (Lipinski definition) is 1. The van der Waals surface area contributed by atoms with Crippen LogP contribution in [0.3, 0.4) is 0 Å². The molecule has 0 fully saturated rings. The van der Waals surface area contributed by atoms with Crippen molar-refractivity contribution in [3.05, 3.63) is 24.3 Å². The zero-order chi connectivity index (χ0) is 15.3. The molecule has 0 spiro atoms. The van der Waals surface area contributed by atoms with Gasteiger partial charge in [-0.25, -0.2) is 0 Å². The highest BCUT2D eigenvalue weighted by molar-refractivity contribution is 5.90. The van der Waals surface area contributed by atoms with Crippen LogP contribution in [0.5, 0.6) is 5.75 Å². The summed E-state index contributed by atoms with van der Waals surface area (Å²) in [4.78, 5) is 11.8. The van der Waals surface area contributed by atoms with E-state index in [1.807, 2.05) is 24.3 Å². The summed E-state index contributed by atoms with van der Waals surface area (Å²) >= 11 is 0. The summed E-state index contributed by atoms with van der Waals surface area (Å²) in [5.74, 6) is 3.52. The molecular formula is C18H25NO2. The molecule has 0 heterocycles. The van der Waals surface area contributed by atoms with Crippen LogP contribution in [-0.4, -0.2) is 13.0 Å². The molecule has 0 aromatic heterocycles. The number of unbranched alkanes of at least 4 members (excludes halogenated alkanes) is 6. The number of nitrogens with one attached hydrogen (secondary N) is 1. The number of ether oxygens (including phenoxy) is 1. The molecule has 1 rings (SSSR count). The zero-order valence-corrected chi connectivity index (χ0v) is 12.9. The third kappa shape index (κ3) is 8.04. The van der Waals surface area contributed by atoms with E-state index in [-0.39, 0.29) is 5.91 Å². The minimum Gasteiger partial charge on any atom is -0.497 e. The summed E-state index contributed by atoms with van der Waals surface area (Å²) in [5.41, 5.74) is 0.815. The number of anilines is 1. The molecule has 114 valence electrons. The SMILES string of the molecule is C#CCCCCCCCCC(=O)Nc1ccc(OC)cc1. The maximum Gasteiger partial charge on any atom is 0.224 e. The Morgan fingerprint density at radius 2 is 1.71 bits per heavy atom. The van der Waals surface area contributed by atoms with E-state index < -0.39 is 0 Å². The van der Waals surface area contributed by atoms with Crippen molar-refractivity contribution in [3.8, 4) is 18.1 Å². The number of amides is 1. The average molecular weight is 287 g/mol. The van der Waals surface area contributed by atoms with Crippen LogP contribution in [0.2, 0.25) is 0 Å². The lowest BCUT2D eigenvalue weighted by atomic mass is 10.1. The molecular weight excluding hydrogens is 262 g/mol. The number of carbonyl (C=O) groups is 1. The second-order valence-electron chi connectivity index (χ2n) is 5.10. The van der Waals surface area contributed by atoms with Crippen LogP contribution in [0.4, 0.5) is 5.69 Å². The lowest BCUT2D eigenvalue weighted by Gasteiger charge is -2.06. The van der Waals surface area contributed by atoms with Gasteiger partial charge in [-0.3, -0.25) is 4.79 Å². The molecule has 21 heavy (non-hydrogen) atoms. The summed E-state index contributed by atoms with van der Waals surface area (Å²) in [6, 6.07) is 7.38. The van der Waals surface area contributed by atoms with Crippen LogP contribution in [0.1, 0.15) is 51.4 Å². The maximum atomic E-state index is 11.8. The van der Waals surface area contributed by atoms with Crippen LogP contribution < -0.4 is 10.1 Å². The molecule has 1 N–H and O–H groups in total. The quantitative estimate of drug-likeness (QED) is 0.512. The van der Waals surface area contributed by atoms with Gasteiger partial charge in [0.15, 0.2) is 0 Å². The van der Waals surface area contributed by atoms with E-state index in [1.54, 1.807) is 7.11 Å². The van der Waals surface area contributed by atoms with E-state index in [4.69, 9.17) is 11.2 Å². The molecule has 0 aliphatic carbocycles. The number of benzene rings is 1. The number of carbonyl (C=O) groups excluding carboxylic acids is 1. The normalized spacial score (nSPS) is 9.90. The molecule has 0 atom stereocenters. The molecule has 0 radical (unpaired) electrons. The van der Waals surface area contributed by atoms with Crippen molar-refractivity contribution >= 4 is 11.6 Å². The van der Waals surface area contributed by atoms with Gasteiger partial charge in [-0.05, 0) is 37.1 Å². The first kappa shape index (κ1) is 17.1. The van der Waals surface area contributed by atoms with Gasteiger partial charge in [-0.1, -0.05) is 25.7 Å². The van der Waals surface area contributed by atoms with Crippen molar-refractivity contribution in [3.63, 3.8) is 0 Å². The lowest BCUT2D eigenvalue weighted by Crippen LogP contribution is -2.10. The van der Waals surface area contributed by atoms with Gasteiger partial charge in [-0.2, -0.15) is 0 Å². The summed E-state index contributed by atoms with van der Waals surface area (Å²) < 4.78 is 5.08. The highest BCUT2D eigenvalue weighted by Crippen LogP contribution is 2.15. The van der Waals surface area contributed by atoms with Crippen molar-refractivity contribution in [2.45, 2.75) is 51.4 Å². The molecule has 1 aromatic rings. The van der Waals surface area contributed by atoms with Crippen molar-refractivity contribution in [1.82, 2.24) is 0 Å². The minimum atomic E-state index is 0.0764. The van der Waals surface area contributed by atoms with E-state index in [2.05, 4.69) is 11.2 Å². The highest BCUT2D eigenvalue weighted by atomic mass is 16.5. The smallest absolute Gasteiger partial charge is 0.224 e. The van der Waals surface area contributed by atoms with E-state index in [9.17, 15) is 4.79 Å². The summed E-state index contributed by atoms with van der Waals surface area (Å²) in [7, 11) is 1.63.